The molecule has 0 aliphatic carbocycles. The third kappa shape index (κ3) is 2.08. The number of hydrogen-bond donors (Lipinski definition) is 3. The highest BCUT2D eigenvalue weighted by Gasteiger charge is 2.10. The molecule has 1 heterocycles. The van der Waals surface area contributed by atoms with E-state index in [4.69, 9.17) is 21.5 Å². The zero-order chi connectivity index (χ0) is 13.1. The molecule has 0 atom stereocenters. The fraction of sp³-hybridized carbons (Fsp3) is 0. The van der Waals surface area contributed by atoms with E-state index in [1.165, 1.54) is 12.1 Å². The first-order valence-electron chi connectivity index (χ1n) is 4.92. The summed E-state index contributed by atoms with van der Waals surface area (Å²) < 4.78 is 5.33. The maximum atomic E-state index is 11.3. The molecule has 1 aromatic carbocycles. The summed E-state index contributed by atoms with van der Waals surface area (Å²) in [5.74, 6) is 0.177. The van der Waals surface area contributed by atoms with Crippen LogP contribution in [0.4, 0.5) is 11.4 Å². The van der Waals surface area contributed by atoms with E-state index < -0.39 is 5.56 Å². The molecule has 0 unspecified atom stereocenters. The summed E-state index contributed by atoms with van der Waals surface area (Å²) in [5.41, 5.74) is 11.1. The molecule has 0 amide bonds. The van der Waals surface area contributed by atoms with Crippen molar-refractivity contribution >= 4 is 11.4 Å². The predicted octanol–water partition coefficient (Wildman–Crippen LogP) is 0.598. The molecule has 7 heteroatoms. The van der Waals surface area contributed by atoms with Crippen LogP contribution in [0.15, 0.2) is 29.3 Å². The van der Waals surface area contributed by atoms with Crippen LogP contribution in [0.5, 0.6) is 11.6 Å². The summed E-state index contributed by atoms with van der Waals surface area (Å²) in [7, 11) is 0. The first kappa shape index (κ1) is 11.5. The average molecular weight is 243 g/mol. The number of aromatic nitrogens is 2. The second-order valence-electron chi connectivity index (χ2n) is 3.42. The van der Waals surface area contributed by atoms with Gasteiger partial charge in [-0.05, 0) is 18.2 Å². The van der Waals surface area contributed by atoms with E-state index in [2.05, 4.69) is 9.97 Å². The van der Waals surface area contributed by atoms with Gasteiger partial charge >= 0.3 is 0 Å². The molecule has 0 spiro atoms. The molecule has 2 aromatic rings. The second-order valence-corrected chi connectivity index (χ2v) is 3.42. The SMILES string of the molecule is N#Cc1cc(N)ccc1Oc1nc[nH]c(=O)c1N. The van der Waals surface area contributed by atoms with Gasteiger partial charge in [0.15, 0.2) is 5.69 Å². The predicted molar refractivity (Wildman–Crippen MR) is 64.9 cm³/mol. The molecule has 1 aromatic heterocycles. The Morgan fingerprint density at radius 2 is 2.17 bits per heavy atom. The molecule has 0 saturated heterocycles. The van der Waals surface area contributed by atoms with E-state index in [1.807, 2.05) is 6.07 Å². The molecule has 0 radical (unpaired) electrons. The van der Waals surface area contributed by atoms with E-state index in [0.29, 0.717) is 5.69 Å². The van der Waals surface area contributed by atoms with E-state index in [1.54, 1.807) is 6.07 Å². The van der Waals surface area contributed by atoms with Crippen molar-refractivity contribution in [2.45, 2.75) is 0 Å². The normalized spacial score (nSPS) is 9.72. The quantitative estimate of drug-likeness (QED) is 0.662. The number of H-pyrrole nitrogens is 1. The van der Waals surface area contributed by atoms with Gasteiger partial charge in [0.1, 0.15) is 11.8 Å². The molecule has 0 bridgehead atoms. The molecular formula is C11H9N5O2. The minimum atomic E-state index is -0.506. The molecule has 0 aliphatic rings. The summed E-state index contributed by atoms with van der Waals surface area (Å²) in [6, 6.07) is 6.47. The minimum Gasteiger partial charge on any atom is -0.435 e. The molecule has 0 fully saturated rings. The number of aromatic amines is 1. The third-order valence-electron chi connectivity index (χ3n) is 2.18. The van der Waals surface area contributed by atoms with Crippen molar-refractivity contribution in [3.63, 3.8) is 0 Å². The summed E-state index contributed by atoms with van der Waals surface area (Å²) in [6.45, 7) is 0. The van der Waals surface area contributed by atoms with Crippen LogP contribution in [-0.4, -0.2) is 9.97 Å². The Bertz CT molecular complexity index is 687. The number of rotatable bonds is 2. The second kappa shape index (κ2) is 4.47. The first-order chi connectivity index (χ1) is 8.61. The third-order valence-corrected chi connectivity index (χ3v) is 2.18. The zero-order valence-corrected chi connectivity index (χ0v) is 9.18. The Kier molecular flexibility index (Phi) is 2.85. The van der Waals surface area contributed by atoms with Crippen LogP contribution in [-0.2, 0) is 0 Å². The largest absolute Gasteiger partial charge is 0.435 e. The number of nitrogens with two attached hydrogens (primary N) is 2. The molecular weight excluding hydrogens is 234 g/mol. The van der Waals surface area contributed by atoms with Crippen molar-refractivity contribution in [1.82, 2.24) is 9.97 Å². The van der Waals surface area contributed by atoms with Crippen molar-refractivity contribution in [2.75, 3.05) is 11.5 Å². The first-order valence-corrected chi connectivity index (χ1v) is 4.92. The zero-order valence-electron chi connectivity index (χ0n) is 9.18. The molecule has 7 nitrogen and oxygen atoms in total. The van der Waals surface area contributed by atoms with Crippen LogP contribution in [0.2, 0.25) is 0 Å². The van der Waals surface area contributed by atoms with Gasteiger partial charge in [-0.2, -0.15) is 5.26 Å². The Hall–Kier alpha value is -3.01. The van der Waals surface area contributed by atoms with Crippen molar-refractivity contribution in [3.05, 3.63) is 40.4 Å². The van der Waals surface area contributed by atoms with Crippen LogP contribution in [0.25, 0.3) is 0 Å². The van der Waals surface area contributed by atoms with Crippen LogP contribution >= 0.6 is 0 Å². The highest BCUT2D eigenvalue weighted by Crippen LogP contribution is 2.26. The standard InChI is InChI=1S/C11H9N5O2/c12-4-6-3-7(13)1-2-8(6)18-11-9(14)10(17)15-5-16-11/h1-3,5H,13-14H2,(H,15,16,17). The lowest BCUT2D eigenvalue weighted by atomic mass is 10.2. The Morgan fingerprint density at radius 1 is 1.39 bits per heavy atom. The monoisotopic (exact) mass is 243 g/mol. The van der Waals surface area contributed by atoms with Gasteiger partial charge in [0.05, 0.1) is 11.9 Å². The van der Waals surface area contributed by atoms with Gasteiger partial charge in [0.25, 0.3) is 5.56 Å². The van der Waals surface area contributed by atoms with Crippen LogP contribution < -0.4 is 21.8 Å². The van der Waals surface area contributed by atoms with E-state index in [0.717, 1.165) is 6.33 Å². The van der Waals surface area contributed by atoms with Crippen molar-refractivity contribution < 1.29 is 4.74 Å². The number of anilines is 2. The highest BCUT2D eigenvalue weighted by molar-refractivity contribution is 5.55. The summed E-state index contributed by atoms with van der Waals surface area (Å²) in [6.07, 6.45) is 1.16. The van der Waals surface area contributed by atoms with Gasteiger partial charge in [-0.1, -0.05) is 0 Å². The van der Waals surface area contributed by atoms with Gasteiger partial charge in [-0.25, -0.2) is 4.98 Å². The maximum Gasteiger partial charge on any atom is 0.277 e. The van der Waals surface area contributed by atoms with Crippen molar-refractivity contribution in [2.24, 2.45) is 0 Å². The Morgan fingerprint density at radius 3 is 2.89 bits per heavy atom. The van der Waals surface area contributed by atoms with Crippen LogP contribution in [0.1, 0.15) is 5.56 Å². The Labute approximate surface area is 102 Å². The summed E-state index contributed by atoms with van der Waals surface area (Å²) in [5, 5.41) is 8.94. The number of nitrogens with zero attached hydrogens (tertiary/aromatic N) is 2. The van der Waals surface area contributed by atoms with Gasteiger partial charge < -0.3 is 21.2 Å². The van der Waals surface area contributed by atoms with Crippen molar-refractivity contribution in [1.29, 1.82) is 5.26 Å². The Balaban J connectivity index is 2.44. The fourth-order valence-electron chi connectivity index (χ4n) is 1.30. The topological polar surface area (TPSA) is 131 Å². The smallest absolute Gasteiger partial charge is 0.277 e. The van der Waals surface area contributed by atoms with Gasteiger partial charge in [-0.3, -0.25) is 4.79 Å². The molecule has 2 rings (SSSR count). The van der Waals surface area contributed by atoms with Crippen LogP contribution in [0, 0.1) is 11.3 Å². The molecule has 18 heavy (non-hydrogen) atoms. The molecule has 0 saturated carbocycles. The van der Waals surface area contributed by atoms with Gasteiger partial charge in [0.2, 0.25) is 5.88 Å². The number of nitriles is 1. The molecule has 90 valence electrons. The van der Waals surface area contributed by atoms with E-state index in [-0.39, 0.29) is 22.9 Å². The lowest BCUT2D eigenvalue weighted by Crippen LogP contribution is -2.13. The maximum absolute atomic E-state index is 11.3. The lowest BCUT2D eigenvalue weighted by Gasteiger charge is -2.07. The van der Waals surface area contributed by atoms with Crippen molar-refractivity contribution in [3.8, 4) is 17.7 Å². The van der Waals surface area contributed by atoms with Gasteiger partial charge in [-0.15, -0.1) is 0 Å². The molecule has 5 N–H and O–H groups in total. The number of hydrogen-bond acceptors (Lipinski definition) is 6. The summed E-state index contributed by atoms with van der Waals surface area (Å²) >= 11 is 0. The van der Waals surface area contributed by atoms with E-state index >= 15 is 0 Å². The number of nitrogens with one attached hydrogen (secondary N) is 1. The number of benzene rings is 1. The fourth-order valence-corrected chi connectivity index (χ4v) is 1.30. The average Bonchev–Trinajstić information content (AvgIpc) is 2.37. The number of ether oxygens (including phenoxy) is 1. The summed E-state index contributed by atoms with van der Waals surface area (Å²) in [4.78, 5) is 17.3. The highest BCUT2D eigenvalue weighted by atomic mass is 16.5. The van der Waals surface area contributed by atoms with Crippen LogP contribution in [0.3, 0.4) is 0 Å². The lowest BCUT2D eigenvalue weighted by molar-refractivity contribution is 0.462. The molecule has 0 aliphatic heterocycles. The number of nitrogen functional groups attached to an aromatic ring is 2. The van der Waals surface area contributed by atoms with E-state index in [9.17, 15) is 4.79 Å². The van der Waals surface area contributed by atoms with Gasteiger partial charge in [0, 0.05) is 5.69 Å². The minimum absolute atomic E-state index is 0.0555.